The van der Waals surface area contributed by atoms with Crippen LogP contribution < -0.4 is 16.4 Å². The number of carbonyl (C=O) groups excluding carboxylic acids is 1. The molecule has 0 bridgehead atoms. The molecule has 145 valence electrons. The molecule has 0 aliphatic heterocycles. The van der Waals surface area contributed by atoms with Crippen molar-refractivity contribution in [1.82, 2.24) is 25.3 Å². The molecular formula is C15H18F3N8O. The summed E-state index contributed by atoms with van der Waals surface area (Å²) in [6, 6.07) is 1.47. The van der Waals surface area contributed by atoms with Crippen molar-refractivity contribution >= 4 is 17.7 Å². The third-order valence-corrected chi connectivity index (χ3v) is 3.17. The summed E-state index contributed by atoms with van der Waals surface area (Å²) < 4.78 is 36.3. The van der Waals surface area contributed by atoms with Gasteiger partial charge in [0.2, 0.25) is 0 Å². The number of imidazole rings is 1. The van der Waals surface area contributed by atoms with E-state index in [1.807, 2.05) is 0 Å². The Balaban J connectivity index is 1.73. The van der Waals surface area contributed by atoms with E-state index in [1.165, 1.54) is 18.5 Å². The Bertz CT molecular complexity index is 761. The molecule has 2 heterocycles. The van der Waals surface area contributed by atoms with E-state index in [4.69, 9.17) is 5.73 Å². The molecule has 0 spiro atoms. The van der Waals surface area contributed by atoms with Crippen LogP contribution in [-0.4, -0.2) is 51.1 Å². The standard InChI is InChI=1S/C15H18F3N8O/c16-15(17,18)9-24-14(19)26-11-4-6-20-10(25-11)3-1-2-5-23-13(27)12-21-7-8-22-12/h4,6-7H,1-3,5,9H2,(H,21,22)(H,23,27)(H3,19,20,24,25,26). The fourth-order valence-corrected chi connectivity index (χ4v) is 1.97. The van der Waals surface area contributed by atoms with E-state index < -0.39 is 12.7 Å². The number of aromatic nitrogens is 4. The number of nitrogens with one attached hydrogen (secondary N) is 3. The van der Waals surface area contributed by atoms with E-state index in [0.29, 0.717) is 31.6 Å². The maximum absolute atomic E-state index is 12.1. The Kier molecular flexibility index (Phi) is 7.08. The molecule has 1 radical (unpaired) electrons. The second-order valence-electron chi connectivity index (χ2n) is 5.39. The number of aliphatic imine (C=N–C) groups is 1. The van der Waals surface area contributed by atoms with E-state index in [9.17, 15) is 18.0 Å². The van der Waals surface area contributed by atoms with Gasteiger partial charge in [0.15, 0.2) is 11.8 Å². The molecular weight excluding hydrogens is 365 g/mol. The van der Waals surface area contributed by atoms with Gasteiger partial charge < -0.3 is 21.4 Å². The van der Waals surface area contributed by atoms with Gasteiger partial charge in [0.25, 0.3) is 5.91 Å². The molecule has 1 amide bonds. The highest BCUT2D eigenvalue weighted by Crippen LogP contribution is 2.14. The maximum atomic E-state index is 12.1. The maximum Gasteiger partial charge on any atom is 0.408 e. The second kappa shape index (κ2) is 9.50. The van der Waals surface area contributed by atoms with Crippen LogP contribution in [0.1, 0.15) is 29.3 Å². The molecule has 0 saturated heterocycles. The first-order valence-electron chi connectivity index (χ1n) is 7.99. The molecule has 9 nitrogen and oxygen atoms in total. The Morgan fingerprint density at radius 3 is 2.89 bits per heavy atom. The number of H-pyrrole nitrogens is 1. The molecule has 2 aromatic heterocycles. The minimum absolute atomic E-state index is 0.196. The lowest BCUT2D eigenvalue weighted by Crippen LogP contribution is -2.26. The van der Waals surface area contributed by atoms with Gasteiger partial charge in [-0.15, -0.1) is 0 Å². The van der Waals surface area contributed by atoms with Crippen molar-refractivity contribution in [1.29, 1.82) is 0 Å². The molecule has 0 fully saturated rings. The molecule has 0 aliphatic rings. The van der Waals surface area contributed by atoms with Crippen molar-refractivity contribution in [3.05, 3.63) is 36.3 Å². The second-order valence-corrected chi connectivity index (χ2v) is 5.39. The number of amides is 1. The lowest BCUT2D eigenvalue weighted by molar-refractivity contribution is -0.118. The van der Waals surface area contributed by atoms with Gasteiger partial charge >= 0.3 is 6.18 Å². The largest absolute Gasteiger partial charge is 0.408 e. The van der Waals surface area contributed by atoms with Gasteiger partial charge in [0.1, 0.15) is 24.4 Å². The molecule has 2 aromatic rings. The number of anilines is 1. The highest BCUT2D eigenvalue weighted by Gasteiger charge is 2.26. The number of alkyl halides is 3. The summed E-state index contributed by atoms with van der Waals surface area (Å²) in [6.45, 7) is -0.917. The number of halogens is 3. The first-order valence-corrected chi connectivity index (χ1v) is 7.99. The van der Waals surface area contributed by atoms with Crippen molar-refractivity contribution in [3.63, 3.8) is 0 Å². The minimum atomic E-state index is -4.42. The third-order valence-electron chi connectivity index (χ3n) is 3.17. The predicted molar refractivity (Wildman–Crippen MR) is 90.9 cm³/mol. The minimum Gasteiger partial charge on any atom is -0.370 e. The lowest BCUT2D eigenvalue weighted by atomic mass is 10.2. The van der Waals surface area contributed by atoms with E-state index >= 15 is 0 Å². The van der Waals surface area contributed by atoms with E-state index in [0.717, 1.165) is 0 Å². The molecule has 0 atom stereocenters. The molecule has 12 heteroatoms. The van der Waals surface area contributed by atoms with Crippen LogP contribution in [-0.2, 0) is 6.42 Å². The molecule has 0 saturated carbocycles. The van der Waals surface area contributed by atoms with Crippen LogP contribution in [0.2, 0.25) is 0 Å². The van der Waals surface area contributed by atoms with Crippen molar-refractivity contribution in [2.24, 2.45) is 10.7 Å². The summed E-state index contributed by atoms with van der Waals surface area (Å²) in [4.78, 5) is 29.5. The summed E-state index contributed by atoms with van der Waals surface area (Å²) in [6.07, 6.45) is 2.90. The Morgan fingerprint density at radius 2 is 2.19 bits per heavy atom. The van der Waals surface area contributed by atoms with Crippen LogP contribution in [0.4, 0.5) is 19.0 Å². The average Bonchev–Trinajstić information content (AvgIpc) is 3.14. The quantitative estimate of drug-likeness (QED) is 0.306. The fourth-order valence-electron chi connectivity index (χ4n) is 1.97. The number of rotatable bonds is 8. The predicted octanol–water partition coefficient (Wildman–Crippen LogP) is 1.04. The van der Waals surface area contributed by atoms with Crippen molar-refractivity contribution < 1.29 is 18.0 Å². The van der Waals surface area contributed by atoms with E-state index in [-0.39, 0.29) is 23.5 Å². The number of hydrogen-bond donors (Lipinski definition) is 4. The van der Waals surface area contributed by atoms with Gasteiger partial charge in [-0.1, -0.05) is 0 Å². The number of aromatic amines is 1. The normalized spacial score (nSPS) is 12.0. The Hall–Kier alpha value is -3.18. The zero-order chi connectivity index (χ0) is 19.7. The monoisotopic (exact) mass is 383 g/mol. The number of guanidine groups is 1. The number of aryl methyl sites for hydroxylation is 1. The first-order chi connectivity index (χ1) is 12.8. The highest BCUT2D eigenvalue weighted by molar-refractivity contribution is 5.91. The number of nitrogens with zero attached hydrogens (tertiary/aromatic N) is 4. The number of unbranched alkanes of at least 4 members (excludes halogenated alkanes) is 1. The lowest BCUT2D eigenvalue weighted by Gasteiger charge is -2.07. The van der Waals surface area contributed by atoms with Gasteiger partial charge in [-0.25, -0.2) is 19.9 Å². The SMILES string of the molecule is NC(=NCC(F)(F)F)Nc1ccnc(CCCCNC(=O)c2n[c]c[nH]2)n1. The molecule has 2 rings (SSSR count). The number of hydrogen-bond acceptors (Lipinski definition) is 5. The zero-order valence-electron chi connectivity index (χ0n) is 14.2. The van der Waals surface area contributed by atoms with Crippen LogP contribution in [0, 0.1) is 6.20 Å². The molecule has 0 unspecified atom stereocenters. The van der Waals surface area contributed by atoms with Gasteiger partial charge in [0.05, 0.1) is 0 Å². The van der Waals surface area contributed by atoms with Gasteiger partial charge in [-0.2, -0.15) is 13.2 Å². The Labute approximate surface area is 152 Å². The van der Waals surface area contributed by atoms with Crippen LogP contribution in [0.25, 0.3) is 0 Å². The van der Waals surface area contributed by atoms with E-state index in [2.05, 4.69) is 41.8 Å². The van der Waals surface area contributed by atoms with Crippen molar-refractivity contribution in [3.8, 4) is 0 Å². The van der Waals surface area contributed by atoms with Gasteiger partial charge in [-0.3, -0.25) is 4.79 Å². The summed E-state index contributed by atoms with van der Waals surface area (Å²) in [7, 11) is 0. The van der Waals surface area contributed by atoms with Crippen LogP contribution >= 0.6 is 0 Å². The first kappa shape index (κ1) is 20.1. The average molecular weight is 383 g/mol. The van der Waals surface area contributed by atoms with Gasteiger partial charge in [-0.05, 0) is 18.9 Å². The summed E-state index contributed by atoms with van der Waals surface area (Å²) in [5, 5.41) is 5.20. The number of carbonyl (C=O) groups is 1. The van der Waals surface area contributed by atoms with Crippen LogP contribution in [0.3, 0.4) is 0 Å². The fraction of sp³-hybridized carbons (Fsp3) is 0.400. The molecule has 5 N–H and O–H groups in total. The van der Waals surface area contributed by atoms with Crippen LogP contribution in [0.5, 0.6) is 0 Å². The van der Waals surface area contributed by atoms with Crippen molar-refractivity contribution in [2.45, 2.75) is 25.4 Å². The molecule has 0 aliphatic carbocycles. The summed E-state index contributed by atoms with van der Waals surface area (Å²) in [5.41, 5.74) is 5.40. The highest BCUT2D eigenvalue weighted by atomic mass is 19.4. The summed E-state index contributed by atoms with van der Waals surface area (Å²) in [5.74, 6) is 0.255. The summed E-state index contributed by atoms with van der Waals surface area (Å²) >= 11 is 0. The molecule has 0 aromatic carbocycles. The topological polar surface area (TPSA) is 134 Å². The van der Waals surface area contributed by atoms with E-state index in [1.54, 1.807) is 0 Å². The van der Waals surface area contributed by atoms with Crippen molar-refractivity contribution in [2.75, 3.05) is 18.4 Å². The Morgan fingerprint density at radius 1 is 1.37 bits per heavy atom. The zero-order valence-corrected chi connectivity index (χ0v) is 14.2. The molecule has 27 heavy (non-hydrogen) atoms. The van der Waals surface area contributed by atoms with Crippen LogP contribution in [0.15, 0.2) is 23.5 Å². The smallest absolute Gasteiger partial charge is 0.370 e. The van der Waals surface area contributed by atoms with Gasteiger partial charge in [0, 0.05) is 25.4 Å². The third kappa shape index (κ3) is 7.71. The number of nitrogens with two attached hydrogens (primary N) is 1.